The van der Waals surface area contributed by atoms with Gasteiger partial charge in [0.15, 0.2) is 11.0 Å². The Balaban J connectivity index is 1.72. The number of rotatable bonds is 9. The fraction of sp³-hybridized carbons (Fsp3) is 0.238. The van der Waals surface area contributed by atoms with Crippen LogP contribution in [0.1, 0.15) is 10.4 Å². The maximum Gasteiger partial charge on any atom is 0.340 e. The van der Waals surface area contributed by atoms with E-state index in [0.717, 1.165) is 11.3 Å². The number of aromatic nitrogens is 3. The molecule has 0 saturated carbocycles. The smallest absolute Gasteiger partial charge is 0.340 e. The van der Waals surface area contributed by atoms with E-state index in [-0.39, 0.29) is 11.7 Å². The van der Waals surface area contributed by atoms with E-state index in [0.29, 0.717) is 28.1 Å². The molecule has 0 saturated heterocycles. The fourth-order valence-electron chi connectivity index (χ4n) is 2.78. The number of nitrogens with one attached hydrogen (secondary N) is 1. The first-order valence-corrected chi connectivity index (χ1v) is 11.2. The van der Waals surface area contributed by atoms with Crippen molar-refractivity contribution in [3.8, 4) is 11.4 Å². The number of amides is 1. The third-order valence-corrected chi connectivity index (χ3v) is 6.12. The van der Waals surface area contributed by atoms with Crippen molar-refractivity contribution in [2.45, 2.75) is 11.7 Å². The molecule has 0 atom stereocenters. The van der Waals surface area contributed by atoms with Gasteiger partial charge in [-0.3, -0.25) is 9.36 Å². The quantitative estimate of drug-likeness (QED) is 0.297. The number of carbonyl (C=O) groups is 2. The summed E-state index contributed by atoms with van der Waals surface area (Å²) in [5.74, 6) is 0.0923. The van der Waals surface area contributed by atoms with Crippen molar-refractivity contribution in [3.05, 3.63) is 53.9 Å². The van der Waals surface area contributed by atoms with E-state index in [9.17, 15) is 9.59 Å². The van der Waals surface area contributed by atoms with E-state index >= 15 is 0 Å². The van der Waals surface area contributed by atoms with E-state index < -0.39 is 5.97 Å². The van der Waals surface area contributed by atoms with Crippen LogP contribution in [0.2, 0.25) is 0 Å². The molecule has 0 unspecified atom stereocenters. The van der Waals surface area contributed by atoms with Crippen molar-refractivity contribution >= 4 is 45.7 Å². The first-order chi connectivity index (χ1) is 14.9. The van der Waals surface area contributed by atoms with E-state index in [2.05, 4.69) is 22.1 Å². The largest absolute Gasteiger partial charge is 0.465 e. The maximum absolute atomic E-state index is 12.4. The molecule has 0 radical (unpaired) electrons. The zero-order valence-corrected chi connectivity index (χ0v) is 19.1. The van der Waals surface area contributed by atoms with Crippen LogP contribution in [0.5, 0.6) is 0 Å². The van der Waals surface area contributed by atoms with Gasteiger partial charge in [0.05, 0.1) is 18.4 Å². The Hall–Kier alpha value is -3.11. The van der Waals surface area contributed by atoms with Gasteiger partial charge in [0.2, 0.25) is 5.91 Å². The second-order valence-electron chi connectivity index (χ2n) is 6.64. The van der Waals surface area contributed by atoms with Crippen LogP contribution in [-0.4, -0.2) is 53.6 Å². The molecule has 0 aliphatic heterocycles. The topological polar surface area (TPSA) is 89.3 Å². The zero-order chi connectivity index (χ0) is 22.4. The molecule has 0 aliphatic carbocycles. The van der Waals surface area contributed by atoms with Crippen LogP contribution < -0.4 is 10.2 Å². The number of hydrogen-bond donors (Lipinski definition) is 1. The zero-order valence-electron chi connectivity index (χ0n) is 17.5. The van der Waals surface area contributed by atoms with Crippen molar-refractivity contribution in [1.82, 2.24) is 14.8 Å². The first kappa shape index (κ1) is 22.6. The van der Waals surface area contributed by atoms with Crippen molar-refractivity contribution in [1.29, 1.82) is 0 Å². The number of esters is 1. The molecule has 1 amide bonds. The van der Waals surface area contributed by atoms with Gasteiger partial charge >= 0.3 is 5.97 Å². The highest BCUT2D eigenvalue weighted by Crippen LogP contribution is 2.27. The molecular weight excluding hydrogens is 434 g/mol. The molecule has 10 heteroatoms. The lowest BCUT2D eigenvalue weighted by Crippen LogP contribution is -2.16. The molecule has 8 nitrogen and oxygen atoms in total. The van der Waals surface area contributed by atoms with Gasteiger partial charge in [-0.05, 0) is 35.7 Å². The van der Waals surface area contributed by atoms with E-state index in [1.165, 1.54) is 30.2 Å². The number of hydrogen-bond acceptors (Lipinski definition) is 8. The molecule has 3 aromatic rings. The second kappa shape index (κ2) is 10.3. The summed E-state index contributed by atoms with van der Waals surface area (Å²) in [6, 6.07) is 9.63. The van der Waals surface area contributed by atoms with Crippen LogP contribution >= 0.6 is 23.1 Å². The molecule has 3 rings (SSSR count). The van der Waals surface area contributed by atoms with Gasteiger partial charge in [-0.25, -0.2) is 4.79 Å². The Morgan fingerprint density at radius 1 is 1.26 bits per heavy atom. The van der Waals surface area contributed by atoms with Crippen LogP contribution in [-0.2, 0) is 16.1 Å². The highest BCUT2D eigenvalue weighted by molar-refractivity contribution is 7.99. The first-order valence-electron chi connectivity index (χ1n) is 9.35. The molecule has 31 heavy (non-hydrogen) atoms. The Labute approximate surface area is 188 Å². The minimum Gasteiger partial charge on any atom is -0.465 e. The van der Waals surface area contributed by atoms with Gasteiger partial charge in [0, 0.05) is 31.9 Å². The van der Waals surface area contributed by atoms with Gasteiger partial charge in [-0.1, -0.05) is 17.8 Å². The highest BCUT2D eigenvalue weighted by atomic mass is 32.2. The van der Waals surface area contributed by atoms with Gasteiger partial charge in [0.25, 0.3) is 0 Å². The molecular formula is C21H23N5O3S2. The summed E-state index contributed by atoms with van der Waals surface area (Å²) in [5, 5.41) is 14.1. The summed E-state index contributed by atoms with van der Waals surface area (Å²) in [5.41, 5.74) is 2.35. The van der Waals surface area contributed by atoms with Crippen LogP contribution in [0.25, 0.3) is 11.4 Å². The standard InChI is InChI=1S/C21H23N5O3S2/c1-5-11-26-18(14-6-8-15(9-7-14)25(2)3)23-24-21(26)31-13-17(27)22-19-16(10-12-30-19)20(28)29-4/h5-10,12H,1,11,13H2,2-4H3,(H,22,27). The van der Waals surface area contributed by atoms with Crippen LogP contribution in [0.15, 0.2) is 53.5 Å². The van der Waals surface area contributed by atoms with Crippen LogP contribution in [0.4, 0.5) is 10.7 Å². The summed E-state index contributed by atoms with van der Waals surface area (Å²) in [6.07, 6.45) is 1.76. The summed E-state index contributed by atoms with van der Waals surface area (Å²) < 4.78 is 6.65. The lowest BCUT2D eigenvalue weighted by molar-refractivity contribution is -0.113. The third-order valence-electron chi connectivity index (χ3n) is 4.33. The number of nitrogens with zero attached hydrogens (tertiary/aromatic N) is 4. The van der Waals surface area contributed by atoms with Crippen molar-refractivity contribution in [2.24, 2.45) is 0 Å². The number of ether oxygens (including phenoxy) is 1. The van der Waals surface area contributed by atoms with Gasteiger partial charge in [0.1, 0.15) is 5.00 Å². The number of thiophene rings is 1. The Morgan fingerprint density at radius 3 is 2.65 bits per heavy atom. The van der Waals surface area contributed by atoms with Gasteiger partial charge in [-0.15, -0.1) is 28.1 Å². The minimum absolute atomic E-state index is 0.118. The highest BCUT2D eigenvalue weighted by Gasteiger charge is 2.18. The minimum atomic E-state index is -0.486. The molecule has 0 spiro atoms. The lowest BCUT2D eigenvalue weighted by Gasteiger charge is -2.13. The summed E-state index contributed by atoms with van der Waals surface area (Å²) >= 11 is 2.54. The molecule has 0 bridgehead atoms. The normalized spacial score (nSPS) is 10.5. The summed E-state index contributed by atoms with van der Waals surface area (Å²) in [6.45, 7) is 4.33. The Morgan fingerprint density at radius 2 is 2.00 bits per heavy atom. The monoisotopic (exact) mass is 457 g/mol. The predicted octanol–water partition coefficient (Wildman–Crippen LogP) is 3.78. The third kappa shape index (κ3) is 5.33. The number of allylic oxidation sites excluding steroid dienone is 1. The number of methoxy groups -OCH3 is 1. The van der Waals surface area contributed by atoms with Crippen molar-refractivity contribution in [3.63, 3.8) is 0 Å². The van der Waals surface area contributed by atoms with Gasteiger partial charge in [-0.2, -0.15) is 0 Å². The average molecular weight is 458 g/mol. The number of anilines is 2. The van der Waals surface area contributed by atoms with Crippen molar-refractivity contribution < 1.29 is 14.3 Å². The number of thioether (sulfide) groups is 1. The van der Waals surface area contributed by atoms with Crippen LogP contribution in [0.3, 0.4) is 0 Å². The maximum atomic E-state index is 12.4. The molecule has 0 fully saturated rings. The molecule has 162 valence electrons. The molecule has 2 heterocycles. The SMILES string of the molecule is C=CCn1c(SCC(=O)Nc2sccc2C(=O)OC)nnc1-c1ccc(N(C)C)cc1. The lowest BCUT2D eigenvalue weighted by atomic mass is 10.2. The predicted molar refractivity (Wildman–Crippen MR) is 125 cm³/mol. The van der Waals surface area contributed by atoms with E-state index in [4.69, 9.17) is 4.74 Å². The average Bonchev–Trinajstić information content (AvgIpc) is 3.39. The van der Waals surface area contributed by atoms with Crippen molar-refractivity contribution in [2.75, 3.05) is 37.2 Å². The Bertz CT molecular complexity index is 1070. The summed E-state index contributed by atoms with van der Waals surface area (Å²) in [4.78, 5) is 26.2. The number of benzene rings is 1. The second-order valence-corrected chi connectivity index (χ2v) is 8.50. The number of carbonyl (C=O) groups excluding carboxylic acids is 2. The molecule has 1 N–H and O–H groups in total. The van der Waals surface area contributed by atoms with E-state index in [1.807, 2.05) is 47.8 Å². The van der Waals surface area contributed by atoms with Crippen LogP contribution in [0, 0.1) is 0 Å². The fourth-order valence-corrected chi connectivity index (χ4v) is 4.32. The molecule has 1 aromatic carbocycles. The molecule has 2 aromatic heterocycles. The van der Waals surface area contributed by atoms with Gasteiger partial charge < -0.3 is 15.0 Å². The summed E-state index contributed by atoms with van der Waals surface area (Å²) in [7, 11) is 5.28. The molecule has 0 aliphatic rings. The Kier molecular flexibility index (Phi) is 7.48. The van der Waals surface area contributed by atoms with E-state index in [1.54, 1.807) is 17.5 Å².